The van der Waals surface area contributed by atoms with Crippen LogP contribution in [0, 0.1) is 0 Å². The molecule has 3 rings (SSSR count). The number of amides is 2. The number of benzene rings is 2. The Labute approximate surface area is 211 Å². The van der Waals surface area contributed by atoms with E-state index >= 15 is 0 Å². The largest absolute Gasteiger partial charge is 0.352 e. The summed E-state index contributed by atoms with van der Waals surface area (Å²) >= 11 is 14.5. The molecule has 33 heavy (non-hydrogen) atoms. The molecular weight excluding hydrogens is 475 g/mol. The summed E-state index contributed by atoms with van der Waals surface area (Å²) in [5.41, 5.74) is 1.90. The molecule has 7 heteroatoms. The standard InChI is InChI=1S/C26H32Cl2N2O2S/c1-19(26(32)29-21-11-6-3-7-12-21)30(17-22-23(27)13-8-14-24(22)28)25(31)15-16-33-18-20-9-4-2-5-10-20/h2,4-5,8-10,13-14,19,21H,3,6-7,11-12,15-18H2,1H3,(H,29,32). The molecule has 0 saturated heterocycles. The van der Waals surface area contributed by atoms with Gasteiger partial charge in [0.25, 0.3) is 0 Å². The van der Waals surface area contributed by atoms with Gasteiger partial charge in [0.05, 0.1) is 0 Å². The van der Waals surface area contributed by atoms with Crippen LogP contribution < -0.4 is 5.32 Å². The lowest BCUT2D eigenvalue weighted by Gasteiger charge is -2.31. The number of carbonyl (C=O) groups is 2. The van der Waals surface area contributed by atoms with E-state index in [1.165, 1.54) is 12.0 Å². The fraction of sp³-hybridized carbons (Fsp3) is 0.462. The van der Waals surface area contributed by atoms with Gasteiger partial charge < -0.3 is 10.2 Å². The molecule has 1 fully saturated rings. The predicted octanol–water partition coefficient (Wildman–Crippen LogP) is 6.48. The summed E-state index contributed by atoms with van der Waals surface area (Å²) in [5, 5.41) is 4.15. The average Bonchev–Trinajstić information content (AvgIpc) is 2.82. The minimum Gasteiger partial charge on any atom is -0.352 e. The Morgan fingerprint density at radius 2 is 1.70 bits per heavy atom. The second-order valence-corrected chi connectivity index (χ2v) is 10.4. The van der Waals surface area contributed by atoms with Crippen molar-refractivity contribution in [2.75, 3.05) is 5.75 Å². The SMILES string of the molecule is CC(C(=O)NC1CCCCC1)N(Cc1c(Cl)cccc1Cl)C(=O)CCSCc1ccccc1. The third-order valence-electron chi connectivity index (χ3n) is 6.08. The summed E-state index contributed by atoms with van der Waals surface area (Å²) in [4.78, 5) is 27.9. The minimum atomic E-state index is -0.606. The zero-order valence-electron chi connectivity index (χ0n) is 19.1. The van der Waals surface area contributed by atoms with Crippen molar-refractivity contribution >= 4 is 46.8 Å². The molecule has 0 heterocycles. The number of thioether (sulfide) groups is 1. The minimum absolute atomic E-state index is 0.0714. The predicted molar refractivity (Wildman–Crippen MR) is 139 cm³/mol. The van der Waals surface area contributed by atoms with Crippen LogP contribution in [0.5, 0.6) is 0 Å². The van der Waals surface area contributed by atoms with Crippen molar-refractivity contribution in [2.24, 2.45) is 0 Å². The zero-order valence-corrected chi connectivity index (χ0v) is 21.4. The highest BCUT2D eigenvalue weighted by molar-refractivity contribution is 7.98. The number of hydrogen-bond donors (Lipinski definition) is 1. The van der Waals surface area contributed by atoms with Gasteiger partial charge in [0, 0.05) is 46.1 Å². The van der Waals surface area contributed by atoms with Crippen molar-refractivity contribution in [3.05, 3.63) is 69.7 Å². The van der Waals surface area contributed by atoms with Crippen molar-refractivity contribution < 1.29 is 9.59 Å². The number of carbonyl (C=O) groups excluding carboxylic acids is 2. The summed E-state index contributed by atoms with van der Waals surface area (Å²) in [6.45, 7) is 2.00. The van der Waals surface area contributed by atoms with Gasteiger partial charge in [-0.1, -0.05) is 78.9 Å². The summed E-state index contributed by atoms with van der Waals surface area (Å²) in [5.74, 6) is 1.34. The third kappa shape index (κ3) is 7.94. The summed E-state index contributed by atoms with van der Waals surface area (Å²) < 4.78 is 0. The van der Waals surface area contributed by atoms with Gasteiger partial charge in [0.2, 0.25) is 11.8 Å². The van der Waals surface area contributed by atoms with Gasteiger partial charge >= 0.3 is 0 Å². The lowest BCUT2D eigenvalue weighted by Crippen LogP contribution is -2.50. The van der Waals surface area contributed by atoms with Gasteiger partial charge in [-0.2, -0.15) is 11.8 Å². The van der Waals surface area contributed by atoms with E-state index in [4.69, 9.17) is 23.2 Å². The molecule has 0 aromatic heterocycles. The molecule has 178 valence electrons. The normalized spacial score (nSPS) is 15.1. The van der Waals surface area contributed by atoms with E-state index in [-0.39, 0.29) is 24.4 Å². The van der Waals surface area contributed by atoms with Crippen LogP contribution in [0.25, 0.3) is 0 Å². The number of nitrogens with zero attached hydrogens (tertiary/aromatic N) is 1. The third-order valence-corrected chi connectivity index (χ3v) is 7.82. The molecule has 2 aromatic rings. The zero-order chi connectivity index (χ0) is 23.6. The van der Waals surface area contributed by atoms with Crippen molar-refractivity contribution in [2.45, 2.75) is 69.8 Å². The first-order valence-corrected chi connectivity index (χ1v) is 13.5. The molecule has 0 aliphatic heterocycles. The molecule has 0 radical (unpaired) electrons. The second kappa shape index (κ2) is 13.3. The van der Waals surface area contributed by atoms with Gasteiger partial charge in [0.1, 0.15) is 6.04 Å². The Morgan fingerprint density at radius 1 is 1.03 bits per heavy atom. The van der Waals surface area contributed by atoms with Crippen molar-refractivity contribution in [3.63, 3.8) is 0 Å². The first-order valence-electron chi connectivity index (χ1n) is 11.6. The van der Waals surface area contributed by atoms with E-state index in [1.54, 1.807) is 41.8 Å². The maximum absolute atomic E-state index is 13.3. The van der Waals surface area contributed by atoms with Crippen LogP contribution >= 0.6 is 35.0 Å². The molecule has 1 aliphatic carbocycles. The second-order valence-electron chi connectivity index (χ2n) is 8.53. The molecule has 0 spiro atoms. The molecular formula is C26H32Cl2N2O2S. The number of halogens is 2. The van der Waals surface area contributed by atoms with Crippen LogP contribution in [-0.2, 0) is 21.9 Å². The number of rotatable bonds is 10. The average molecular weight is 508 g/mol. The molecule has 4 nitrogen and oxygen atoms in total. The van der Waals surface area contributed by atoms with E-state index in [0.717, 1.165) is 31.4 Å². The molecule has 1 atom stereocenters. The molecule has 1 aliphatic rings. The van der Waals surface area contributed by atoms with Crippen molar-refractivity contribution in [3.8, 4) is 0 Å². The highest BCUT2D eigenvalue weighted by Crippen LogP contribution is 2.27. The Balaban J connectivity index is 1.65. The Hall–Kier alpha value is -1.69. The summed E-state index contributed by atoms with van der Waals surface area (Å²) in [6.07, 6.45) is 5.84. The molecule has 2 amide bonds. The van der Waals surface area contributed by atoms with E-state index < -0.39 is 6.04 Å². The van der Waals surface area contributed by atoms with E-state index in [2.05, 4.69) is 17.4 Å². The van der Waals surface area contributed by atoms with Crippen molar-refractivity contribution in [1.29, 1.82) is 0 Å². The van der Waals surface area contributed by atoms with Gasteiger partial charge in [-0.25, -0.2) is 0 Å². The molecule has 1 unspecified atom stereocenters. The van der Waals surface area contributed by atoms with Crippen LogP contribution in [0.3, 0.4) is 0 Å². The highest BCUT2D eigenvalue weighted by Gasteiger charge is 2.28. The topological polar surface area (TPSA) is 49.4 Å². The Morgan fingerprint density at radius 3 is 2.36 bits per heavy atom. The Kier molecular flexibility index (Phi) is 10.4. The molecule has 0 bridgehead atoms. The fourth-order valence-corrected chi connectivity index (χ4v) is 5.48. The van der Waals surface area contributed by atoms with Crippen LogP contribution in [0.4, 0.5) is 0 Å². The van der Waals surface area contributed by atoms with E-state index in [0.29, 0.717) is 27.8 Å². The lowest BCUT2D eigenvalue weighted by molar-refractivity contribution is -0.140. The first-order chi connectivity index (χ1) is 16.0. The van der Waals surface area contributed by atoms with Crippen LogP contribution in [-0.4, -0.2) is 34.6 Å². The maximum atomic E-state index is 13.3. The summed E-state index contributed by atoms with van der Waals surface area (Å²) in [7, 11) is 0. The molecule has 1 saturated carbocycles. The smallest absolute Gasteiger partial charge is 0.242 e. The van der Waals surface area contributed by atoms with Gasteiger partial charge in [0.15, 0.2) is 0 Å². The van der Waals surface area contributed by atoms with Gasteiger partial charge in [-0.3, -0.25) is 9.59 Å². The molecule has 1 N–H and O–H groups in total. The summed E-state index contributed by atoms with van der Waals surface area (Å²) in [6, 6.07) is 15.1. The monoisotopic (exact) mass is 506 g/mol. The van der Waals surface area contributed by atoms with Crippen LogP contribution in [0.2, 0.25) is 10.0 Å². The lowest BCUT2D eigenvalue weighted by atomic mass is 9.95. The van der Waals surface area contributed by atoms with Crippen molar-refractivity contribution in [1.82, 2.24) is 10.2 Å². The fourth-order valence-electron chi connectivity index (χ4n) is 4.07. The highest BCUT2D eigenvalue weighted by atomic mass is 35.5. The Bertz CT molecular complexity index is 900. The van der Waals surface area contributed by atoms with E-state index in [1.807, 2.05) is 18.2 Å². The van der Waals surface area contributed by atoms with Gasteiger partial charge in [-0.15, -0.1) is 0 Å². The maximum Gasteiger partial charge on any atom is 0.242 e. The quantitative estimate of drug-likeness (QED) is 0.375. The van der Waals surface area contributed by atoms with E-state index in [9.17, 15) is 9.59 Å². The number of nitrogens with one attached hydrogen (secondary N) is 1. The first kappa shape index (κ1) is 25.9. The van der Waals surface area contributed by atoms with Crippen LogP contribution in [0.1, 0.15) is 56.6 Å². The molecule has 2 aromatic carbocycles. The van der Waals surface area contributed by atoms with Crippen LogP contribution in [0.15, 0.2) is 48.5 Å². The van der Waals surface area contributed by atoms with Gasteiger partial charge in [-0.05, 0) is 37.5 Å². The number of hydrogen-bond acceptors (Lipinski definition) is 3.